The first-order valence-electron chi connectivity index (χ1n) is 9.72. The first-order valence-corrected chi connectivity index (χ1v) is 9.72. The summed E-state index contributed by atoms with van der Waals surface area (Å²) < 4.78 is 21.8. The minimum Gasteiger partial charge on any atom is -0.490 e. The number of hydrogen-bond donors (Lipinski definition) is 1. The van der Waals surface area contributed by atoms with Gasteiger partial charge in [0.05, 0.1) is 19.8 Å². The molecule has 1 N–H and O–H groups in total. The number of morpholine rings is 1. The molecule has 0 aliphatic carbocycles. The molecular weight excluding hydrogens is 404 g/mol. The van der Waals surface area contributed by atoms with Gasteiger partial charge in [0.25, 0.3) is 5.91 Å². The number of furan rings is 1. The van der Waals surface area contributed by atoms with Crippen LogP contribution in [0.5, 0.6) is 11.5 Å². The molecule has 162 valence electrons. The molecule has 9 heteroatoms. The number of carbonyl (C=O) groups is 2. The minimum atomic E-state index is -1.16. The normalized spacial score (nSPS) is 14.1. The lowest BCUT2D eigenvalue weighted by Gasteiger charge is -2.26. The molecule has 9 nitrogen and oxygen atoms in total. The fourth-order valence-corrected chi connectivity index (χ4v) is 2.97. The van der Waals surface area contributed by atoms with E-state index in [2.05, 4.69) is 0 Å². The molecule has 2 aromatic rings. The molecule has 0 saturated carbocycles. The SMILES string of the molecule is CCOc1cc(C=C(C#N)C(=O)N2CCOCC2)ccc1OCc1ccc(C(=O)O)o1. The van der Waals surface area contributed by atoms with Crippen LogP contribution in [0.25, 0.3) is 6.08 Å². The van der Waals surface area contributed by atoms with Crippen LogP contribution in [-0.2, 0) is 16.1 Å². The van der Waals surface area contributed by atoms with Gasteiger partial charge >= 0.3 is 5.97 Å². The van der Waals surface area contributed by atoms with Gasteiger partial charge in [-0.2, -0.15) is 5.26 Å². The average molecular weight is 426 g/mol. The highest BCUT2D eigenvalue weighted by Crippen LogP contribution is 2.30. The number of rotatable bonds is 8. The summed E-state index contributed by atoms with van der Waals surface area (Å²) in [6.07, 6.45) is 1.51. The van der Waals surface area contributed by atoms with Gasteiger partial charge in [-0.05, 0) is 42.8 Å². The lowest BCUT2D eigenvalue weighted by atomic mass is 10.1. The fourth-order valence-electron chi connectivity index (χ4n) is 2.97. The largest absolute Gasteiger partial charge is 0.490 e. The van der Waals surface area contributed by atoms with Crippen molar-refractivity contribution in [1.82, 2.24) is 4.90 Å². The minimum absolute atomic E-state index is 0.0154. The summed E-state index contributed by atoms with van der Waals surface area (Å²) in [6, 6.07) is 9.88. The third kappa shape index (κ3) is 5.65. The Morgan fingerprint density at radius 3 is 2.61 bits per heavy atom. The van der Waals surface area contributed by atoms with Gasteiger partial charge in [-0.1, -0.05) is 6.07 Å². The van der Waals surface area contributed by atoms with Crippen LogP contribution >= 0.6 is 0 Å². The molecule has 1 aromatic carbocycles. The maximum atomic E-state index is 12.6. The maximum Gasteiger partial charge on any atom is 0.371 e. The van der Waals surface area contributed by atoms with Gasteiger partial charge in [-0.25, -0.2) is 4.79 Å². The summed E-state index contributed by atoms with van der Waals surface area (Å²) in [5.74, 6) is -0.457. The zero-order valence-corrected chi connectivity index (χ0v) is 17.0. The van der Waals surface area contributed by atoms with Crippen molar-refractivity contribution in [1.29, 1.82) is 5.26 Å². The topological polar surface area (TPSA) is 122 Å². The second-order valence-electron chi connectivity index (χ2n) is 6.57. The van der Waals surface area contributed by atoms with Gasteiger partial charge in [-0.3, -0.25) is 4.79 Å². The smallest absolute Gasteiger partial charge is 0.371 e. The van der Waals surface area contributed by atoms with Crippen molar-refractivity contribution in [2.45, 2.75) is 13.5 Å². The van der Waals surface area contributed by atoms with Crippen molar-refractivity contribution in [2.24, 2.45) is 0 Å². The van der Waals surface area contributed by atoms with Crippen molar-refractivity contribution >= 4 is 18.0 Å². The Morgan fingerprint density at radius 2 is 1.97 bits per heavy atom. The second kappa shape index (κ2) is 10.3. The number of hydrogen-bond acceptors (Lipinski definition) is 7. The summed E-state index contributed by atoms with van der Waals surface area (Å²) >= 11 is 0. The van der Waals surface area contributed by atoms with Crippen LogP contribution in [0.1, 0.15) is 28.8 Å². The third-order valence-electron chi connectivity index (χ3n) is 4.47. The molecule has 0 atom stereocenters. The molecule has 1 fully saturated rings. The van der Waals surface area contributed by atoms with Gasteiger partial charge in [0.2, 0.25) is 5.76 Å². The van der Waals surface area contributed by atoms with E-state index < -0.39 is 5.97 Å². The van der Waals surface area contributed by atoms with Crippen LogP contribution in [0.4, 0.5) is 0 Å². The Hall–Kier alpha value is -3.77. The Bertz CT molecular complexity index is 1010. The van der Waals surface area contributed by atoms with Crippen LogP contribution in [0.2, 0.25) is 0 Å². The van der Waals surface area contributed by atoms with Crippen molar-refractivity contribution in [2.75, 3.05) is 32.9 Å². The summed E-state index contributed by atoms with van der Waals surface area (Å²) in [6.45, 7) is 4.02. The van der Waals surface area contributed by atoms with E-state index in [1.54, 1.807) is 23.1 Å². The number of nitriles is 1. The predicted octanol–water partition coefficient (Wildman–Crippen LogP) is 2.72. The maximum absolute atomic E-state index is 12.6. The number of carboxylic acid groups (broad SMARTS) is 1. The van der Waals surface area contributed by atoms with E-state index in [0.717, 1.165) is 0 Å². The van der Waals surface area contributed by atoms with E-state index in [1.807, 2.05) is 13.0 Å². The molecule has 2 heterocycles. The quantitative estimate of drug-likeness (QED) is 0.505. The Morgan fingerprint density at radius 1 is 1.19 bits per heavy atom. The first-order chi connectivity index (χ1) is 15.0. The zero-order chi connectivity index (χ0) is 22.2. The van der Waals surface area contributed by atoms with Gasteiger partial charge in [0, 0.05) is 13.1 Å². The summed E-state index contributed by atoms with van der Waals surface area (Å²) in [5, 5.41) is 18.4. The molecule has 1 aliphatic rings. The Balaban J connectivity index is 1.76. The number of aromatic carboxylic acids is 1. The van der Waals surface area contributed by atoms with Crippen LogP contribution in [0, 0.1) is 11.3 Å². The van der Waals surface area contributed by atoms with Crippen LogP contribution in [0.3, 0.4) is 0 Å². The molecule has 1 aromatic heterocycles. The van der Waals surface area contributed by atoms with E-state index in [-0.39, 0.29) is 23.8 Å². The molecule has 3 rings (SSSR count). The molecule has 0 spiro atoms. The molecule has 1 aliphatic heterocycles. The van der Waals surface area contributed by atoms with Gasteiger partial charge in [-0.15, -0.1) is 0 Å². The van der Waals surface area contributed by atoms with E-state index in [9.17, 15) is 14.9 Å². The van der Waals surface area contributed by atoms with Crippen molar-refractivity contribution < 1.29 is 33.3 Å². The van der Waals surface area contributed by atoms with E-state index >= 15 is 0 Å². The van der Waals surface area contributed by atoms with E-state index in [1.165, 1.54) is 18.2 Å². The van der Waals surface area contributed by atoms with E-state index in [4.69, 9.17) is 23.7 Å². The molecule has 0 radical (unpaired) electrons. The van der Waals surface area contributed by atoms with Crippen molar-refractivity contribution in [3.8, 4) is 17.6 Å². The van der Waals surface area contributed by atoms with Crippen LogP contribution in [-0.4, -0.2) is 54.8 Å². The summed E-state index contributed by atoms with van der Waals surface area (Å²) in [7, 11) is 0. The number of benzene rings is 1. The standard InChI is InChI=1S/C22H22N2O7/c1-2-29-20-12-15(11-16(13-23)21(25)24-7-9-28-10-8-24)3-5-18(20)30-14-17-4-6-19(31-17)22(26)27/h3-6,11-12H,2,7-10,14H2,1H3,(H,26,27). The zero-order valence-electron chi connectivity index (χ0n) is 17.0. The Labute approximate surface area is 179 Å². The number of carbonyl (C=O) groups excluding carboxylic acids is 1. The van der Waals surface area contributed by atoms with Crippen LogP contribution < -0.4 is 9.47 Å². The van der Waals surface area contributed by atoms with Gasteiger partial charge in [0.15, 0.2) is 11.5 Å². The highest BCUT2D eigenvalue weighted by atomic mass is 16.5. The van der Waals surface area contributed by atoms with Crippen LogP contribution in [0.15, 0.2) is 40.3 Å². The van der Waals surface area contributed by atoms with Gasteiger partial charge in [0.1, 0.15) is 24.0 Å². The molecule has 0 bridgehead atoms. The van der Waals surface area contributed by atoms with Gasteiger partial charge < -0.3 is 28.6 Å². The average Bonchev–Trinajstić information content (AvgIpc) is 3.27. The lowest BCUT2D eigenvalue weighted by molar-refractivity contribution is -0.130. The third-order valence-corrected chi connectivity index (χ3v) is 4.47. The highest BCUT2D eigenvalue weighted by molar-refractivity contribution is 6.01. The number of nitrogens with zero attached hydrogens (tertiary/aromatic N) is 2. The second-order valence-corrected chi connectivity index (χ2v) is 6.57. The van der Waals surface area contributed by atoms with E-state index in [0.29, 0.717) is 55.7 Å². The Kier molecular flexibility index (Phi) is 7.30. The first kappa shape index (κ1) is 21.9. The molecule has 1 saturated heterocycles. The molecule has 1 amide bonds. The van der Waals surface area contributed by atoms with Crippen molar-refractivity contribution in [3.05, 3.63) is 53.0 Å². The molecule has 0 unspecified atom stereocenters. The van der Waals surface area contributed by atoms with Crippen molar-refractivity contribution in [3.63, 3.8) is 0 Å². The summed E-state index contributed by atoms with van der Waals surface area (Å²) in [5.41, 5.74) is 0.634. The molecular formula is C22H22N2O7. The molecule has 31 heavy (non-hydrogen) atoms. The lowest BCUT2D eigenvalue weighted by Crippen LogP contribution is -2.41. The highest BCUT2D eigenvalue weighted by Gasteiger charge is 2.21. The predicted molar refractivity (Wildman–Crippen MR) is 109 cm³/mol. The monoisotopic (exact) mass is 426 g/mol. The number of ether oxygens (including phenoxy) is 3. The fraction of sp³-hybridized carbons (Fsp3) is 0.318. The number of amides is 1. The number of carboxylic acids is 1. The summed E-state index contributed by atoms with van der Waals surface area (Å²) in [4.78, 5) is 25.1.